The van der Waals surface area contributed by atoms with Crippen LogP contribution in [0.3, 0.4) is 0 Å². The monoisotopic (exact) mass is 311 g/mol. The molecule has 0 saturated heterocycles. The van der Waals surface area contributed by atoms with Crippen molar-refractivity contribution in [2.45, 2.75) is 31.5 Å². The van der Waals surface area contributed by atoms with Gasteiger partial charge in [-0.1, -0.05) is 42.1 Å². The van der Waals surface area contributed by atoms with Crippen molar-refractivity contribution in [2.75, 3.05) is 5.75 Å². The average molecular weight is 311 g/mol. The maximum absolute atomic E-state index is 9.12. The molecule has 1 atom stereocenters. The summed E-state index contributed by atoms with van der Waals surface area (Å²) in [6.07, 6.45) is 1.01. The summed E-state index contributed by atoms with van der Waals surface area (Å²) in [6.45, 7) is 2.83. The van der Waals surface area contributed by atoms with Crippen LogP contribution in [0.4, 0.5) is 0 Å². The number of hydrogen-bond acceptors (Lipinski definition) is 5. The molecule has 0 radical (unpaired) electrons. The van der Waals surface area contributed by atoms with E-state index in [1.54, 1.807) is 0 Å². The van der Waals surface area contributed by atoms with Gasteiger partial charge in [-0.05, 0) is 13.3 Å². The normalized spacial score (nSPS) is 11.6. The summed E-state index contributed by atoms with van der Waals surface area (Å²) in [7, 11) is 0. The third kappa shape index (κ3) is 3.87. The lowest BCUT2D eigenvalue weighted by atomic mass is 10.1. The van der Waals surface area contributed by atoms with E-state index in [1.807, 2.05) is 30.3 Å². The fraction of sp³-hybridized carbons (Fsp3) is 0.375. The van der Waals surface area contributed by atoms with Gasteiger partial charge in [-0.15, -0.1) is 10.2 Å². The molecule has 112 valence electrons. The standard InChI is InChI=1S/C16H17N5S/c1-2-21-15(14-8-4-3-5-9-14)19-20-16(21)22-12-13(11-18)7-6-10-17/h3-5,8-9,13H,2,6-7,12H2,1H3/t13-/m0/s1. The van der Waals surface area contributed by atoms with Gasteiger partial charge >= 0.3 is 0 Å². The maximum atomic E-state index is 9.12. The van der Waals surface area contributed by atoms with Crippen LogP contribution in [0.2, 0.25) is 0 Å². The molecule has 0 aliphatic rings. The van der Waals surface area contributed by atoms with Crippen LogP contribution in [0.15, 0.2) is 35.5 Å². The third-order valence-electron chi connectivity index (χ3n) is 3.27. The first-order chi connectivity index (χ1) is 10.8. The number of hydrogen-bond donors (Lipinski definition) is 0. The Kier molecular flexibility index (Phi) is 6.00. The molecule has 2 aromatic rings. The number of rotatable bonds is 7. The Morgan fingerprint density at radius 3 is 2.64 bits per heavy atom. The Morgan fingerprint density at radius 2 is 2.00 bits per heavy atom. The van der Waals surface area contributed by atoms with Gasteiger partial charge in [0.05, 0.1) is 18.1 Å². The second-order valence-electron chi connectivity index (χ2n) is 4.75. The van der Waals surface area contributed by atoms with Gasteiger partial charge < -0.3 is 4.57 Å². The van der Waals surface area contributed by atoms with Gasteiger partial charge in [-0.2, -0.15) is 10.5 Å². The molecule has 0 N–H and O–H groups in total. The summed E-state index contributed by atoms with van der Waals surface area (Å²) < 4.78 is 2.05. The van der Waals surface area contributed by atoms with E-state index in [9.17, 15) is 0 Å². The predicted octanol–water partition coefficient (Wildman–Crippen LogP) is 3.50. The highest BCUT2D eigenvalue weighted by Crippen LogP contribution is 2.26. The maximum Gasteiger partial charge on any atom is 0.191 e. The summed E-state index contributed by atoms with van der Waals surface area (Å²) in [4.78, 5) is 0. The molecule has 0 aliphatic carbocycles. The van der Waals surface area contributed by atoms with Crippen molar-refractivity contribution in [1.29, 1.82) is 10.5 Å². The second-order valence-corrected chi connectivity index (χ2v) is 5.74. The number of nitriles is 2. The van der Waals surface area contributed by atoms with Gasteiger partial charge in [0.15, 0.2) is 11.0 Å². The lowest BCUT2D eigenvalue weighted by Gasteiger charge is -2.09. The van der Waals surface area contributed by atoms with E-state index >= 15 is 0 Å². The molecular weight excluding hydrogens is 294 g/mol. The van der Waals surface area contributed by atoms with E-state index in [2.05, 4.69) is 33.8 Å². The zero-order valence-electron chi connectivity index (χ0n) is 12.4. The minimum atomic E-state index is -0.133. The molecule has 1 aromatic carbocycles. The Bertz CT molecular complexity index is 681. The second kappa shape index (κ2) is 8.21. The average Bonchev–Trinajstić information content (AvgIpc) is 2.98. The molecule has 22 heavy (non-hydrogen) atoms. The van der Waals surface area contributed by atoms with Crippen LogP contribution in [0, 0.1) is 28.6 Å². The van der Waals surface area contributed by atoms with Gasteiger partial charge in [0, 0.05) is 24.3 Å². The zero-order valence-corrected chi connectivity index (χ0v) is 13.3. The molecule has 2 rings (SSSR count). The van der Waals surface area contributed by atoms with Crippen LogP contribution in [0.5, 0.6) is 0 Å². The van der Waals surface area contributed by atoms with Crippen LogP contribution in [-0.4, -0.2) is 20.5 Å². The molecule has 0 bridgehead atoms. The van der Waals surface area contributed by atoms with Crippen LogP contribution < -0.4 is 0 Å². The van der Waals surface area contributed by atoms with Crippen molar-refractivity contribution in [2.24, 2.45) is 5.92 Å². The SMILES string of the molecule is CCn1c(SC[C@H](C#N)CCC#N)nnc1-c1ccccc1. The van der Waals surface area contributed by atoms with Crippen molar-refractivity contribution in [3.63, 3.8) is 0 Å². The first-order valence-corrected chi connectivity index (χ1v) is 8.16. The first-order valence-electron chi connectivity index (χ1n) is 7.18. The van der Waals surface area contributed by atoms with Crippen LogP contribution in [0.25, 0.3) is 11.4 Å². The van der Waals surface area contributed by atoms with Crippen molar-refractivity contribution in [3.8, 4) is 23.5 Å². The molecule has 0 spiro atoms. The number of nitrogens with zero attached hydrogens (tertiary/aromatic N) is 5. The van der Waals surface area contributed by atoms with Crippen LogP contribution in [0.1, 0.15) is 19.8 Å². The Hall–Kier alpha value is -2.31. The zero-order chi connectivity index (χ0) is 15.8. The van der Waals surface area contributed by atoms with Gasteiger partial charge in [0.25, 0.3) is 0 Å². The van der Waals surface area contributed by atoms with E-state index in [0.717, 1.165) is 23.1 Å². The van der Waals surface area contributed by atoms with Gasteiger partial charge in [0.2, 0.25) is 0 Å². The van der Waals surface area contributed by atoms with Gasteiger partial charge in [0.1, 0.15) is 0 Å². The lowest BCUT2D eigenvalue weighted by molar-refractivity contribution is 0.669. The molecule has 1 heterocycles. The molecule has 1 aromatic heterocycles. The molecule has 6 heteroatoms. The number of aromatic nitrogens is 3. The first kappa shape index (κ1) is 16.1. The minimum absolute atomic E-state index is 0.133. The summed E-state index contributed by atoms with van der Waals surface area (Å²) in [5.41, 5.74) is 1.03. The van der Waals surface area contributed by atoms with E-state index in [-0.39, 0.29) is 5.92 Å². The number of benzene rings is 1. The quantitative estimate of drug-likeness (QED) is 0.731. The third-order valence-corrected chi connectivity index (χ3v) is 4.40. The lowest BCUT2D eigenvalue weighted by Crippen LogP contribution is -2.04. The van der Waals surface area contributed by atoms with Crippen LogP contribution in [-0.2, 0) is 6.54 Å². The highest BCUT2D eigenvalue weighted by atomic mass is 32.2. The smallest absolute Gasteiger partial charge is 0.191 e. The molecule has 0 saturated carbocycles. The molecule has 5 nitrogen and oxygen atoms in total. The topological polar surface area (TPSA) is 78.3 Å². The van der Waals surface area contributed by atoms with E-state index in [4.69, 9.17) is 10.5 Å². The van der Waals surface area contributed by atoms with Gasteiger partial charge in [-0.3, -0.25) is 0 Å². The van der Waals surface area contributed by atoms with Crippen molar-refractivity contribution in [3.05, 3.63) is 30.3 Å². The minimum Gasteiger partial charge on any atom is -0.302 e. The van der Waals surface area contributed by atoms with Crippen molar-refractivity contribution in [1.82, 2.24) is 14.8 Å². The molecule has 0 fully saturated rings. The molecule has 0 unspecified atom stereocenters. The molecular formula is C16H17N5S. The summed E-state index contributed by atoms with van der Waals surface area (Å²) >= 11 is 1.53. The fourth-order valence-corrected chi connectivity index (χ4v) is 3.14. The highest BCUT2D eigenvalue weighted by molar-refractivity contribution is 7.99. The van der Waals surface area contributed by atoms with Crippen LogP contribution >= 0.6 is 11.8 Å². The Labute approximate surface area is 134 Å². The fourth-order valence-electron chi connectivity index (χ4n) is 2.08. The Morgan fingerprint density at radius 1 is 1.23 bits per heavy atom. The van der Waals surface area contributed by atoms with Crippen molar-refractivity contribution < 1.29 is 0 Å². The summed E-state index contributed by atoms with van der Waals surface area (Å²) in [6, 6.07) is 14.3. The van der Waals surface area contributed by atoms with E-state index in [0.29, 0.717) is 18.6 Å². The molecule has 0 amide bonds. The predicted molar refractivity (Wildman–Crippen MR) is 85.8 cm³/mol. The Balaban J connectivity index is 2.11. The molecule has 0 aliphatic heterocycles. The number of thioether (sulfide) groups is 1. The van der Waals surface area contributed by atoms with Gasteiger partial charge in [-0.25, -0.2) is 0 Å². The van der Waals surface area contributed by atoms with E-state index < -0.39 is 0 Å². The summed E-state index contributed by atoms with van der Waals surface area (Å²) in [5.74, 6) is 1.34. The highest BCUT2D eigenvalue weighted by Gasteiger charge is 2.15. The van der Waals surface area contributed by atoms with Crippen molar-refractivity contribution >= 4 is 11.8 Å². The summed E-state index contributed by atoms with van der Waals surface area (Å²) in [5, 5.41) is 27.1. The van der Waals surface area contributed by atoms with E-state index in [1.165, 1.54) is 11.8 Å². The largest absolute Gasteiger partial charge is 0.302 e.